The minimum Gasteiger partial charge on any atom is -0.443 e. The highest BCUT2D eigenvalue weighted by molar-refractivity contribution is 7.13. The summed E-state index contributed by atoms with van der Waals surface area (Å²) in [5.41, 5.74) is 0.878. The molecule has 1 saturated heterocycles. The number of aliphatic imine (C=N–C) groups is 1. The Hall–Kier alpha value is -1.86. The second-order valence-electron chi connectivity index (χ2n) is 5.66. The lowest BCUT2D eigenvalue weighted by Crippen LogP contribution is -2.46. The number of rotatable bonds is 5. The molecule has 0 spiro atoms. The van der Waals surface area contributed by atoms with E-state index in [2.05, 4.69) is 27.1 Å². The molecule has 1 fully saturated rings. The zero-order chi connectivity index (χ0) is 16.8. The van der Waals surface area contributed by atoms with Gasteiger partial charge < -0.3 is 19.4 Å². The molecule has 2 aromatic heterocycles. The third kappa shape index (κ3) is 4.15. The predicted molar refractivity (Wildman–Crippen MR) is 96.2 cm³/mol. The topological polar surface area (TPSA) is 62.9 Å². The Labute approximate surface area is 146 Å². The van der Waals surface area contributed by atoms with E-state index < -0.39 is 0 Å². The molecule has 0 radical (unpaired) electrons. The van der Waals surface area contributed by atoms with E-state index in [1.54, 1.807) is 17.6 Å². The molecule has 2 aromatic rings. The maximum absolute atomic E-state index is 5.70. The van der Waals surface area contributed by atoms with Gasteiger partial charge in [0.25, 0.3) is 0 Å². The van der Waals surface area contributed by atoms with Crippen LogP contribution in [-0.4, -0.2) is 48.7 Å². The molecular formula is C17H24N4O2S. The number of likely N-dealkylation sites (tertiary alicyclic amines) is 1. The first-order chi connectivity index (χ1) is 11.8. The molecule has 0 aliphatic carbocycles. The minimum absolute atomic E-state index is 0.383. The fourth-order valence-corrected chi connectivity index (χ4v) is 3.53. The van der Waals surface area contributed by atoms with E-state index in [0.29, 0.717) is 18.5 Å². The first-order valence-corrected chi connectivity index (χ1v) is 9.23. The van der Waals surface area contributed by atoms with Crippen LogP contribution >= 0.6 is 11.3 Å². The van der Waals surface area contributed by atoms with Gasteiger partial charge in [-0.2, -0.15) is 0 Å². The van der Waals surface area contributed by atoms with Gasteiger partial charge in [-0.3, -0.25) is 4.99 Å². The highest BCUT2D eigenvalue weighted by atomic mass is 32.1. The Bertz CT molecular complexity index is 645. The quantitative estimate of drug-likeness (QED) is 0.665. The van der Waals surface area contributed by atoms with Crippen molar-refractivity contribution in [2.45, 2.75) is 32.4 Å². The SMILES string of the molecule is CCOC1CCN(C(=NC)NCc2coc(-c3cccs3)n2)CC1. The molecule has 1 aliphatic heterocycles. The van der Waals surface area contributed by atoms with Crippen LogP contribution in [0, 0.1) is 0 Å². The maximum atomic E-state index is 5.70. The predicted octanol–water partition coefficient (Wildman–Crippen LogP) is 2.98. The molecule has 0 aromatic carbocycles. The molecule has 0 unspecified atom stereocenters. The van der Waals surface area contributed by atoms with Crippen LogP contribution in [0.25, 0.3) is 10.8 Å². The van der Waals surface area contributed by atoms with Gasteiger partial charge in [0.2, 0.25) is 5.89 Å². The Morgan fingerprint density at radius 3 is 3.00 bits per heavy atom. The smallest absolute Gasteiger partial charge is 0.236 e. The van der Waals surface area contributed by atoms with Gasteiger partial charge in [-0.15, -0.1) is 11.3 Å². The number of piperidine rings is 1. The number of guanidine groups is 1. The average molecular weight is 348 g/mol. The van der Waals surface area contributed by atoms with Crippen molar-refractivity contribution in [1.82, 2.24) is 15.2 Å². The number of nitrogens with one attached hydrogen (secondary N) is 1. The van der Waals surface area contributed by atoms with E-state index >= 15 is 0 Å². The number of oxazole rings is 1. The standard InChI is InChI=1S/C17H24N4O2S/c1-3-22-14-6-8-21(9-7-14)17(18-2)19-11-13-12-23-16(20-13)15-5-4-10-24-15/h4-5,10,12,14H,3,6-9,11H2,1-2H3,(H,18,19). The number of nitrogens with zero attached hydrogens (tertiary/aromatic N) is 3. The van der Waals surface area contributed by atoms with Crippen molar-refractivity contribution in [2.75, 3.05) is 26.7 Å². The molecule has 1 N–H and O–H groups in total. The molecule has 0 saturated carbocycles. The Morgan fingerprint density at radius 2 is 2.33 bits per heavy atom. The molecule has 0 amide bonds. The summed E-state index contributed by atoms with van der Waals surface area (Å²) < 4.78 is 11.3. The lowest BCUT2D eigenvalue weighted by molar-refractivity contribution is 0.0263. The summed E-state index contributed by atoms with van der Waals surface area (Å²) in [4.78, 5) is 12.2. The molecule has 7 heteroatoms. The van der Waals surface area contributed by atoms with Crippen molar-refractivity contribution in [3.8, 4) is 10.8 Å². The van der Waals surface area contributed by atoms with E-state index in [-0.39, 0.29) is 0 Å². The molecule has 3 heterocycles. The van der Waals surface area contributed by atoms with Gasteiger partial charge in [-0.25, -0.2) is 4.98 Å². The summed E-state index contributed by atoms with van der Waals surface area (Å²) >= 11 is 1.62. The number of aromatic nitrogens is 1. The van der Waals surface area contributed by atoms with Crippen LogP contribution in [-0.2, 0) is 11.3 Å². The molecule has 3 rings (SSSR count). The summed E-state index contributed by atoms with van der Waals surface area (Å²) in [5.74, 6) is 1.58. The molecule has 6 nitrogen and oxygen atoms in total. The van der Waals surface area contributed by atoms with Crippen LogP contribution in [0.1, 0.15) is 25.5 Å². The zero-order valence-corrected chi connectivity index (χ0v) is 15.0. The summed E-state index contributed by atoms with van der Waals surface area (Å²) in [6.07, 6.45) is 4.17. The maximum Gasteiger partial charge on any atom is 0.236 e. The monoisotopic (exact) mass is 348 g/mol. The van der Waals surface area contributed by atoms with E-state index in [0.717, 1.165) is 49.1 Å². The van der Waals surface area contributed by atoms with Gasteiger partial charge in [0.05, 0.1) is 23.2 Å². The lowest BCUT2D eigenvalue weighted by Gasteiger charge is -2.33. The second kappa shape index (κ2) is 8.30. The summed E-state index contributed by atoms with van der Waals surface area (Å²) in [6, 6.07) is 4.00. The number of thiophene rings is 1. The van der Waals surface area contributed by atoms with Gasteiger partial charge in [0, 0.05) is 26.7 Å². The van der Waals surface area contributed by atoms with Crippen molar-refractivity contribution in [3.63, 3.8) is 0 Å². The molecule has 24 heavy (non-hydrogen) atoms. The molecule has 1 aliphatic rings. The van der Waals surface area contributed by atoms with E-state index in [9.17, 15) is 0 Å². The van der Waals surface area contributed by atoms with Crippen molar-refractivity contribution in [2.24, 2.45) is 4.99 Å². The van der Waals surface area contributed by atoms with Crippen LogP contribution in [0.2, 0.25) is 0 Å². The number of hydrogen-bond acceptors (Lipinski definition) is 5. The first-order valence-electron chi connectivity index (χ1n) is 8.35. The van der Waals surface area contributed by atoms with Gasteiger partial charge in [-0.1, -0.05) is 6.07 Å². The molecule has 0 bridgehead atoms. The van der Waals surface area contributed by atoms with Crippen LogP contribution in [0.5, 0.6) is 0 Å². The highest BCUT2D eigenvalue weighted by Gasteiger charge is 2.21. The average Bonchev–Trinajstić information content (AvgIpc) is 3.28. The van der Waals surface area contributed by atoms with Crippen LogP contribution in [0.4, 0.5) is 0 Å². The first kappa shape index (κ1) is 17.0. The lowest BCUT2D eigenvalue weighted by atomic mass is 10.1. The van der Waals surface area contributed by atoms with Crippen molar-refractivity contribution < 1.29 is 9.15 Å². The van der Waals surface area contributed by atoms with Gasteiger partial charge in [0.15, 0.2) is 5.96 Å². The van der Waals surface area contributed by atoms with Gasteiger partial charge in [-0.05, 0) is 31.2 Å². The Morgan fingerprint density at radius 1 is 1.50 bits per heavy atom. The van der Waals surface area contributed by atoms with Crippen LogP contribution < -0.4 is 5.32 Å². The zero-order valence-electron chi connectivity index (χ0n) is 14.2. The van der Waals surface area contributed by atoms with Crippen molar-refractivity contribution in [1.29, 1.82) is 0 Å². The fraction of sp³-hybridized carbons (Fsp3) is 0.529. The molecule has 130 valence electrons. The Balaban J connectivity index is 1.52. The van der Waals surface area contributed by atoms with E-state index in [4.69, 9.17) is 9.15 Å². The highest BCUT2D eigenvalue weighted by Crippen LogP contribution is 2.23. The third-order valence-corrected chi connectivity index (χ3v) is 4.92. The van der Waals surface area contributed by atoms with Crippen molar-refractivity contribution in [3.05, 3.63) is 29.5 Å². The van der Waals surface area contributed by atoms with Crippen LogP contribution in [0.15, 0.2) is 33.2 Å². The minimum atomic E-state index is 0.383. The summed E-state index contributed by atoms with van der Waals surface area (Å²) in [5, 5.41) is 5.40. The largest absolute Gasteiger partial charge is 0.443 e. The second-order valence-corrected chi connectivity index (χ2v) is 6.61. The number of hydrogen-bond donors (Lipinski definition) is 1. The van der Waals surface area contributed by atoms with E-state index in [1.165, 1.54) is 0 Å². The fourth-order valence-electron chi connectivity index (χ4n) is 2.87. The normalized spacial score (nSPS) is 16.6. The van der Waals surface area contributed by atoms with E-state index in [1.807, 2.05) is 24.6 Å². The summed E-state index contributed by atoms with van der Waals surface area (Å²) in [7, 11) is 1.82. The Kier molecular flexibility index (Phi) is 5.87. The third-order valence-electron chi connectivity index (χ3n) is 4.07. The molecule has 0 atom stereocenters. The number of ether oxygens (including phenoxy) is 1. The van der Waals surface area contributed by atoms with Gasteiger partial charge in [0.1, 0.15) is 6.26 Å². The van der Waals surface area contributed by atoms with Crippen LogP contribution in [0.3, 0.4) is 0 Å². The van der Waals surface area contributed by atoms with Gasteiger partial charge >= 0.3 is 0 Å². The molecular weight excluding hydrogens is 324 g/mol. The van der Waals surface area contributed by atoms with Crippen molar-refractivity contribution >= 4 is 17.3 Å². The summed E-state index contributed by atoms with van der Waals surface area (Å²) in [6.45, 7) is 5.37.